The number of unbranched alkanes of at least 4 members (excludes halogenated alkanes) is 2. The van der Waals surface area contributed by atoms with Crippen molar-refractivity contribution >= 4 is 22.9 Å². The lowest BCUT2D eigenvalue weighted by Gasteiger charge is -2.12. The quantitative estimate of drug-likeness (QED) is 0.0331. The summed E-state index contributed by atoms with van der Waals surface area (Å²) >= 11 is 0. The van der Waals surface area contributed by atoms with E-state index < -0.39 is 11.6 Å². The van der Waals surface area contributed by atoms with Crippen LogP contribution >= 0.6 is 0 Å². The third-order valence-corrected chi connectivity index (χ3v) is 6.70. The molecule has 1 heterocycles. The van der Waals surface area contributed by atoms with E-state index in [9.17, 15) is 14.4 Å². The molecule has 0 saturated heterocycles. The predicted octanol–water partition coefficient (Wildman–Crippen LogP) is 7.65. The van der Waals surface area contributed by atoms with Gasteiger partial charge in [0.15, 0.2) is 0 Å². The van der Waals surface area contributed by atoms with Crippen LogP contribution in [-0.2, 0) is 31.9 Å². The second-order valence-electron chi connectivity index (χ2n) is 10.4. The summed E-state index contributed by atoms with van der Waals surface area (Å²) in [6.45, 7) is 17.4. The summed E-state index contributed by atoms with van der Waals surface area (Å²) in [5.41, 5.74) is 4.38. The summed E-state index contributed by atoms with van der Waals surface area (Å²) in [4.78, 5) is 36.4. The summed E-state index contributed by atoms with van der Waals surface area (Å²) in [6.07, 6.45) is 5.14. The molecule has 0 amide bonds. The first-order valence-electron chi connectivity index (χ1n) is 14.3. The van der Waals surface area contributed by atoms with Gasteiger partial charge in [-0.15, -0.1) is 0 Å². The van der Waals surface area contributed by atoms with Gasteiger partial charge in [-0.05, 0) is 98.9 Å². The molecule has 2 aromatic carbocycles. The highest BCUT2D eigenvalue weighted by Gasteiger charge is 2.14. The Balaban J connectivity index is 1.83. The smallest absolute Gasteiger partial charge is 0.344 e. The fourth-order valence-electron chi connectivity index (χ4n) is 4.26. The number of carbonyl (C=O) groups excluding carboxylic acids is 2. The Hall–Kier alpha value is -4.39. The van der Waals surface area contributed by atoms with Gasteiger partial charge in [-0.1, -0.05) is 44.9 Å². The van der Waals surface area contributed by atoms with Crippen molar-refractivity contribution < 1.29 is 28.2 Å². The standard InChI is InChI=1S/C35H40O7/c1-7-32(36)40-19-11-9-13-28-20-26(12-8-10-18-39-25(6)23(2)3)21-29-22-31(35(38)42-33(28)29)27-14-16-30(17-15-27)41-34(37)24(4)5/h14-17,20-22H,2,4,6-13,18-19H2,1,3,5H3. The number of ether oxygens (including phenoxy) is 3. The number of benzene rings is 2. The van der Waals surface area contributed by atoms with Crippen molar-refractivity contribution in [1.29, 1.82) is 0 Å². The summed E-state index contributed by atoms with van der Waals surface area (Å²) in [5, 5.41) is 0.833. The zero-order valence-electron chi connectivity index (χ0n) is 24.9. The maximum Gasteiger partial charge on any atom is 0.344 e. The Bertz CT molecular complexity index is 1510. The Morgan fingerprint density at radius 2 is 1.50 bits per heavy atom. The van der Waals surface area contributed by atoms with E-state index in [4.69, 9.17) is 18.6 Å². The third-order valence-electron chi connectivity index (χ3n) is 6.70. The molecular weight excluding hydrogens is 532 g/mol. The van der Waals surface area contributed by atoms with Crippen molar-refractivity contribution in [1.82, 2.24) is 0 Å². The molecule has 0 bridgehead atoms. The van der Waals surface area contributed by atoms with Crippen LogP contribution < -0.4 is 10.4 Å². The Morgan fingerprint density at radius 3 is 2.14 bits per heavy atom. The van der Waals surface area contributed by atoms with Gasteiger partial charge in [-0.25, -0.2) is 9.59 Å². The zero-order valence-corrected chi connectivity index (χ0v) is 24.9. The summed E-state index contributed by atoms with van der Waals surface area (Å²) in [5.74, 6) is 0.252. The molecule has 0 unspecified atom stereocenters. The topological polar surface area (TPSA) is 92.0 Å². The summed E-state index contributed by atoms with van der Waals surface area (Å²) < 4.78 is 22.0. The highest BCUT2D eigenvalue weighted by molar-refractivity contribution is 5.89. The Morgan fingerprint density at radius 1 is 0.833 bits per heavy atom. The predicted molar refractivity (Wildman–Crippen MR) is 165 cm³/mol. The van der Waals surface area contributed by atoms with Gasteiger partial charge >= 0.3 is 17.6 Å². The first kappa shape index (κ1) is 32.1. The number of allylic oxidation sites excluding steroid dienone is 1. The van der Waals surface area contributed by atoms with Crippen molar-refractivity contribution in [2.24, 2.45) is 0 Å². The van der Waals surface area contributed by atoms with Crippen molar-refractivity contribution in [3.8, 4) is 16.9 Å². The number of aryl methyl sites for hydroxylation is 2. The molecule has 0 aliphatic heterocycles. The van der Waals surface area contributed by atoms with E-state index in [0.717, 1.165) is 47.8 Å². The molecule has 0 atom stereocenters. The van der Waals surface area contributed by atoms with Crippen LogP contribution in [0.1, 0.15) is 64.0 Å². The van der Waals surface area contributed by atoms with Crippen LogP contribution in [0.4, 0.5) is 0 Å². The monoisotopic (exact) mass is 572 g/mol. The molecular formula is C35H40O7. The molecule has 0 spiro atoms. The molecule has 0 fully saturated rings. The summed E-state index contributed by atoms with van der Waals surface area (Å²) in [7, 11) is 0. The Labute approximate surface area is 247 Å². The van der Waals surface area contributed by atoms with Gasteiger partial charge in [0.25, 0.3) is 0 Å². The van der Waals surface area contributed by atoms with Crippen molar-refractivity contribution in [2.45, 2.75) is 65.7 Å². The van der Waals surface area contributed by atoms with E-state index in [1.54, 1.807) is 38.1 Å². The van der Waals surface area contributed by atoms with Crippen LogP contribution in [0.2, 0.25) is 0 Å². The largest absolute Gasteiger partial charge is 0.494 e. The van der Waals surface area contributed by atoms with E-state index in [1.807, 2.05) is 13.0 Å². The minimum Gasteiger partial charge on any atom is -0.494 e. The van der Waals surface area contributed by atoms with Crippen LogP contribution in [0, 0.1) is 0 Å². The van der Waals surface area contributed by atoms with Gasteiger partial charge in [-0.3, -0.25) is 4.79 Å². The van der Waals surface area contributed by atoms with Crippen LogP contribution in [-0.4, -0.2) is 25.2 Å². The molecule has 3 rings (SSSR count). The molecule has 42 heavy (non-hydrogen) atoms. The van der Waals surface area contributed by atoms with Crippen molar-refractivity contribution in [3.05, 3.63) is 101 Å². The van der Waals surface area contributed by atoms with Crippen LogP contribution in [0.15, 0.2) is 88.3 Å². The minimum atomic E-state index is -0.510. The van der Waals surface area contributed by atoms with Crippen LogP contribution in [0.5, 0.6) is 5.75 Å². The third kappa shape index (κ3) is 9.33. The SMILES string of the molecule is C=C(C)C(=C)OCCCCc1cc(CCCCOC(=O)CC)c2oc(=O)c(-c3ccc(OC(=O)C(=C)C)cc3)cc2c1. The highest BCUT2D eigenvalue weighted by Crippen LogP contribution is 2.28. The van der Waals surface area contributed by atoms with Crippen LogP contribution in [0.25, 0.3) is 22.1 Å². The number of hydrogen-bond acceptors (Lipinski definition) is 7. The summed E-state index contributed by atoms with van der Waals surface area (Å²) in [6, 6.07) is 12.7. The van der Waals surface area contributed by atoms with Gasteiger partial charge in [-0.2, -0.15) is 0 Å². The van der Waals surface area contributed by atoms with E-state index in [1.165, 1.54) is 0 Å². The molecule has 7 heteroatoms. The lowest BCUT2D eigenvalue weighted by atomic mass is 9.97. The van der Waals surface area contributed by atoms with E-state index in [0.29, 0.717) is 66.3 Å². The second-order valence-corrected chi connectivity index (χ2v) is 10.4. The second kappa shape index (κ2) is 15.6. The fourth-order valence-corrected chi connectivity index (χ4v) is 4.26. The van der Waals surface area contributed by atoms with Crippen molar-refractivity contribution in [3.63, 3.8) is 0 Å². The van der Waals surface area contributed by atoms with E-state index >= 15 is 0 Å². The van der Waals surface area contributed by atoms with E-state index in [-0.39, 0.29) is 5.97 Å². The van der Waals surface area contributed by atoms with Gasteiger partial charge in [0.05, 0.1) is 18.8 Å². The molecule has 0 aliphatic rings. The first-order valence-corrected chi connectivity index (χ1v) is 14.3. The number of rotatable bonds is 16. The minimum absolute atomic E-state index is 0.209. The fraction of sp³-hybridized carbons (Fsp3) is 0.343. The first-order chi connectivity index (χ1) is 20.1. The Kier molecular flexibility index (Phi) is 11.9. The average molecular weight is 573 g/mol. The number of hydrogen-bond donors (Lipinski definition) is 0. The maximum absolute atomic E-state index is 13.1. The molecule has 3 aromatic rings. The van der Waals surface area contributed by atoms with E-state index in [2.05, 4.69) is 31.9 Å². The van der Waals surface area contributed by atoms with Gasteiger partial charge < -0.3 is 18.6 Å². The number of esters is 2. The zero-order chi connectivity index (χ0) is 30.6. The highest BCUT2D eigenvalue weighted by atomic mass is 16.5. The molecule has 0 N–H and O–H groups in total. The van der Waals surface area contributed by atoms with Gasteiger partial charge in [0.1, 0.15) is 17.1 Å². The maximum atomic E-state index is 13.1. The molecule has 222 valence electrons. The molecule has 0 radical (unpaired) electrons. The number of fused-ring (bicyclic) bond motifs is 1. The number of carbonyl (C=O) groups is 2. The van der Waals surface area contributed by atoms with Crippen molar-refractivity contribution in [2.75, 3.05) is 13.2 Å². The van der Waals surface area contributed by atoms with Gasteiger partial charge in [0, 0.05) is 17.4 Å². The lowest BCUT2D eigenvalue weighted by Crippen LogP contribution is -2.08. The van der Waals surface area contributed by atoms with Crippen LogP contribution in [0.3, 0.4) is 0 Å². The molecule has 0 aliphatic carbocycles. The molecule has 1 aromatic heterocycles. The molecule has 7 nitrogen and oxygen atoms in total. The van der Waals surface area contributed by atoms with Gasteiger partial charge in [0.2, 0.25) is 0 Å². The molecule has 0 saturated carbocycles. The average Bonchev–Trinajstić information content (AvgIpc) is 2.96. The lowest BCUT2D eigenvalue weighted by molar-refractivity contribution is -0.143. The normalized spacial score (nSPS) is 10.7.